The van der Waals surface area contributed by atoms with Crippen LogP contribution in [-0.4, -0.2) is 13.2 Å². The average Bonchev–Trinajstić information content (AvgIpc) is 2.95. The van der Waals surface area contributed by atoms with E-state index in [2.05, 4.69) is 26.0 Å². The van der Waals surface area contributed by atoms with Gasteiger partial charge in [-0.1, -0.05) is 90.2 Å². The summed E-state index contributed by atoms with van der Waals surface area (Å²) in [6.07, 6.45) is 25.0. The molecule has 0 N–H and O–H groups in total. The summed E-state index contributed by atoms with van der Waals surface area (Å²) in [6, 6.07) is 3.06. The summed E-state index contributed by atoms with van der Waals surface area (Å²) in [4.78, 5) is 0. The zero-order valence-electron chi connectivity index (χ0n) is 24.1. The van der Waals surface area contributed by atoms with Gasteiger partial charge >= 0.3 is 0 Å². The van der Waals surface area contributed by atoms with Crippen LogP contribution < -0.4 is 9.47 Å². The normalized spacial score (nSPS) is 29.8. The van der Waals surface area contributed by atoms with Crippen LogP contribution in [0.25, 0.3) is 0 Å². The summed E-state index contributed by atoms with van der Waals surface area (Å²) >= 11 is 0. The molecule has 0 spiro atoms. The van der Waals surface area contributed by atoms with Crippen LogP contribution in [0.4, 0.5) is 8.78 Å². The molecule has 3 aliphatic rings. The van der Waals surface area contributed by atoms with Crippen molar-refractivity contribution < 1.29 is 18.3 Å². The van der Waals surface area contributed by atoms with Crippen LogP contribution in [-0.2, 0) is 0 Å². The van der Waals surface area contributed by atoms with Crippen LogP contribution in [0.15, 0.2) is 24.3 Å². The number of rotatable bonds is 13. The SMILES string of the molecule is CCCCCC1CCC(COc2ccc(OCC3C=CC(C4CCC(CCC)CC4)CC3)c(F)c2F)CC1. The van der Waals surface area contributed by atoms with Gasteiger partial charge in [-0.15, -0.1) is 0 Å². The fourth-order valence-corrected chi connectivity index (χ4v) is 7.26. The van der Waals surface area contributed by atoms with Gasteiger partial charge in [0.25, 0.3) is 0 Å². The van der Waals surface area contributed by atoms with Gasteiger partial charge in [0.1, 0.15) is 0 Å². The minimum atomic E-state index is -0.927. The highest BCUT2D eigenvalue weighted by atomic mass is 19.2. The molecule has 38 heavy (non-hydrogen) atoms. The molecule has 0 radical (unpaired) electrons. The monoisotopic (exact) mass is 530 g/mol. The Morgan fingerprint density at radius 1 is 0.632 bits per heavy atom. The van der Waals surface area contributed by atoms with Crippen molar-refractivity contribution in [2.24, 2.45) is 35.5 Å². The van der Waals surface area contributed by atoms with Crippen LogP contribution >= 0.6 is 0 Å². The Bertz CT molecular complexity index is 852. The Labute approximate surface area is 231 Å². The van der Waals surface area contributed by atoms with Gasteiger partial charge in [-0.2, -0.15) is 8.78 Å². The highest BCUT2D eigenvalue weighted by Crippen LogP contribution is 2.40. The number of hydrogen-bond donors (Lipinski definition) is 0. The van der Waals surface area contributed by atoms with E-state index in [0.29, 0.717) is 25.0 Å². The van der Waals surface area contributed by atoms with Crippen molar-refractivity contribution in [2.45, 2.75) is 117 Å². The zero-order chi connectivity index (χ0) is 26.7. The van der Waals surface area contributed by atoms with Gasteiger partial charge < -0.3 is 9.47 Å². The summed E-state index contributed by atoms with van der Waals surface area (Å²) in [5.74, 6) is 2.12. The molecule has 2 fully saturated rings. The van der Waals surface area contributed by atoms with Crippen LogP contribution in [0, 0.1) is 47.1 Å². The van der Waals surface area contributed by atoms with E-state index in [-0.39, 0.29) is 17.4 Å². The topological polar surface area (TPSA) is 18.5 Å². The van der Waals surface area contributed by atoms with Crippen LogP contribution in [0.3, 0.4) is 0 Å². The molecule has 4 rings (SSSR count). The molecule has 4 heteroatoms. The van der Waals surface area contributed by atoms with Crippen molar-refractivity contribution in [2.75, 3.05) is 13.2 Å². The maximum Gasteiger partial charge on any atom is 0.204 e. The summed E-state index contributed by atoms with van der Waals surface area (Å²) in [6.45, 7) is 5.40. The maximum absolute atomic E-state index is 14.8. The van der Waals surface area contributed by atoms with Crippen molar-refractivity contribution in [1.29, 1.82) is 0 Å². The van der Waals surface area contributed by atoms with Crippen molar-refractivity contribution >= 4 is 0 Å². The molecule has 2 nitrogen and oxygen atoms in total. The predicted octanol–water partition coefficient (Wildman–Crippen LogP) is 10.3. The van der Waals surface area contributed by atoms with Crippen LogP contribution in [0.2, 0.25) is 0 Å². The van der Waals surface area contributed by atoms with E-state index in [1.807, 2.05) is 0 Å². The third kappa shape index (κ3) is 8.46. The number of allylic oxidation sites excluding steroid dienone is 1. The van der Waals surface area contributed by atoms with Gasteiger partial charge in [-0.05, 0) is 80.2 Å². The standard InChI is InChI=1S/C34H52F2O2/c1-3-5-6-8-26-9-11-27(12-10-26)23-37-31-21-22-32(34(36)33(31)35)38-24-28-15-19-30(20-16-28)29-17-13-25(7-4-2)14-18-29/h15,19,21-22,25-30H,3-14,16-18,20,23-24H2,1-2H3. The van der Waals surface area contributed by atoms with Gasteiger partial charge in [0.05, 0.1) is 13.2 Å². The molecule has 0 heterocycles. The third-order valence-electron chi connectivity index (χ3n) is 9.82. The van der Waals surface area contributed by atoms with Gasteiger partial charge in [0, 0.05) is 5.92 Å². The fourth-order valence-electron chi connectivity index (χ4n) is 7.26. The second-order valence-electron chi connectivity index (χ2n) is 12.7. The van der Waals surface area contributed by atoms with E-state index >= 15 is 0 Å². The molecule has 2 atom stereocenters. The van der Waals surface area contributed by atoms with Gasteiger partial charge in [0.15, 0.2) is 11.5 Å². The fraction of sp³-hybridized carbons (Fsp3) is 0.765. The number of benzene rings is 1. The van der Waals surface area contributed by atoms with Crippen molar-refractivity contribution in [1.82, 2.24) is 0 Å². The second-order valence-corrected chi connectivity index (χ2v) is 12.7. The Balaban J connectivity index is 1.18. The summed E-state index contributed by atoms with van der Waals surface area (Å²) in [5.41, 5.74) is 0. The average molecular weight is 531 g/mol. The lowest BCUT2D eigenvalue weighted by molar-refractivity contribution is 0.171. The summed E-state index contributed by atoms with van der Waals surface area (Å²) < 4.78 is 41.0. The van der Waals surface area contributed by atoms with E-state index < -0.39 is 11.6 Å². The van der Waals surface area contributed by atoms with E-state index in [9.17, 15) is 8.78 Å². The van der Waals surface area contributed by atoms with Crippen molar-refractivity contribution in [3.8, 4) is 11.5 Å². The molecule has 0 bridgehead atoms. The number of halogens is 2. The van der Waals surface area contributed by atoms with E-state index in [1.54, 1.807) is 0 Å². The van der Waals surface area contributed by atoms with E-state index in [1.165, 1.54) is 95.6 Å². The summed E-state index contributed by atoms with van der Waals surface area (Å²) in [7, 11) is 0. The molecule has 0 aliphatic heterocycles. The Morgan fingerprint density at radius 3 is 1.84 bits per heavy atom. The maximum atomic E-state index is 14.8. The molecule has 0 saturated heterocycles. The quantitative estimate of drug-likeness (QED) is 0.186. The number of hydrogen-bond acceptors (Lipinski definition) is 2. The number of ether oxygens (including phenoxy) is 2. The minimum absolute atomic E-state index is 0.00722. The molecule has 0 amide bonds. The molecule has 1 aromatic rings. The molecule has 2 saturated carbocycles. The highest BCUT2D eigenvalue weighted by Gasteiger charge is 2.28. The van der Waals surface area contributed by atoms with Crippen LogP contribution in [0.1, 0.15) is 117 Å². The largest absolute Gasteiger partial charge is 0.490 e. The summed E-state index contributed by atoms with van der Waals surface area (Å²) in [5, 5.41) is 0. The van der Waals surface area contributed by atoms with Crippen molar-refractivity contribution in [3.63, 3.8) is 0 Å². The van der Waals surface area contributed by atoms with Gasteiger partial charge in [0.2, 0.25) is 11.6 Å². The van der Waals surface area contributed by atoms with E-state index in [0.717, 1.165) is 37.0 Å². The molecule has 2 unspecified atom stereocenters. The lowest BCUT2D eigenvalue weighted by atomic mass is 9.71. The first-order valence-corrected chi connectivity index (χ1v) is 16.0. The molecule has 1 aromatic carbocycles. The third-order valence-corrected chi connectivity index (χ3v) is 9.82. The van der Waals surface area contributed by atoms with Crippen LogP contribution in [0.5, 0.6) is 11.5 Å². The van der Waals surface area contributed by atoms with Crippen molar-refractivity contribution in [3.05, 3.63) is 35.9 Å². The van der Waals surface area contributed by atoms with E-state index in [4.69, 9.17) is 9.47 Å². The molecule has 3 aliphatic carbocycles. The first kappa shape index (κ1) is 29.4. The minimum Gasteiger partial charge on any atom is -0.490 e. The lowest BCUT2D eigenvalue weighted by Gasteiger charge is -2.35. The second kappa shape index (κ2) is 15.3. The van der Waals surface area contributed by atoms with Gasteiger partial charge in [-0.3, -0.25) is 0 Å². The predicted molar refractivity (Wildman–Crippen MR) is 153 cm³/mol. The molecular weight excluding hydrogens is 478 g/mol. The first-order valence-electron chi connectivity index (χ1n) is 16.0. The lowest BCUT2D eigenvalue weighted by Crippen LogP contribution is -2.24. The molecular formula is C34H52F2O2. The Morgan fingerprint density at radius 2 is 1.24 bits per heavy atom. The Kier molecular flexibility index (Phi) is 11.8. The Hall–Kier alpha value is -1.58. The first-order chi connectivity index (χ1) is 18.6. The molecule has 0 aromatic heterocycles. The highest BCUT2D eigenvalue weighted by molar-refractivity contribution is 5.35. The smallest absolute Gasteiger partial charge is 0.204 e. The van der Waals surface area contributed by atoms with Gasteiger partial charge in [-0.25, -0.2) is 0 Å². The number of unbranched alkanes of at least 4 members (excludes halogenated alkanes) is 2. The molecule has 214 valence electrons. The zero-order valence-corrected chi connectivity index (χ0v) is 24.1.